The summed E-state index contributed by atoms with van der Waals surface area (Å²) in [6.45, 7) is 2.00. The number of hydrogen-bond donors (Lipinski definition) is 3. The third-order valence-corrected chi connectivity index (χ3v) is 2.07. The zero-order chi connectivity index (χ0) is 9.68. The second-order valence-electron chi connectivity index (χ2n) is 3.11. The van der Waals surface area contributed by atoms with Gasteiger partial charge in [0.2, 0.25) is 0 Å². The van der Waals surface area contributed by atoms with E-state index in [1.54, 1.807) is 18.2 Å². The van der Waals surface area contributed by atoms with E-state index in [1.165, 1.54) is 0 Å². The molecule has 0 aliphatic carbocycles. The van der Waals surface area contributed by atoms with Crippen LogP contribution in [0.1, 0.15) is 18.9 Å². The fourth-order valence-electron chi connectivity index (χ4n) is 1.25. The molecule has 1 rings (SSSR count). The molecule has 0 radical (unpaired) electrons. The molecule has 3 heteroatoms. The Hall–Kier alpha value is -1.06. The minimum atomic E-state index is 0.0572. The summed E-state index contributed by atoms with van der Waals surface area (Å²) in [5.74, 6) is 0.269. The van der Waals surface area contributed by atoms with Gasteiger partial charge in [0, 0.05) is 6.04 Å². The molecule has 0 amide bonds. The summed E-state index contributed by atoms with van der Waals surface area (Å²) in [6, 6.07) is 7.13. The largest absolute Gasteiger partial charge is 0.508 e. The lowest BCUT2D eigenvalue weighted by molar-refractivity contribution is 0.123. The molecule has 0 heterocycles. The summed E-state index contributed by atoms with van der Waals surface area (Å²) in [7, 11) is 0. The van der Waals surface area contributed by atoms with E-state index in [1.807, 2.05) is 13.0 Å². The van der Waals surface area contributed by atoms with Crippen molar-refractivity contribution in [2.75, 3.05) is 0 Å². The summed E-state index contributed by atoms with van der Waals surface area (Å²) in [6.07, 6.45) is 1.58. The molecular weight excluding hydrogens is 166 g/mol. The van der Waals surface area contributed by atoms with Gasteiger partial charge in [-0.1, -0.05) is 19.1 Å². The van der Waals surface area contributed by atoms with Gasteiger partial charge in [-0.3, -0.25) is 0 Å². The van der Waals surface area contributed by atoms with E-state index in [9.17, 15) is 5.11 Å². The van der Waals surface area contributed by atoms with Crippen molar-refractivity contribution in [2.45, 2.75) is 25.8 Å². The van der Waals surface area contributed by atoms with Crippen LogP contribution in [0.25, 0.3) is 0 Å². The van der Waals surface area contributed by atoms with Gasteiger partial charge in [-0.2, -0.15) is 0 Å². The Morgan fingerprint density at radius 1 is 1.46 bits per heavy atom. The first kappa shape index (κ1) is 10.0. The predicted octanol–water partition coefficient (Wildman–Crippen LogP) is 1.69. The van der Waals surface area contributed by atoms with Crippen LogP contribution in [0.15, 0.2) is 24.3 Å². The summed E-state index contributed by atoms with van der Waals surface area (Å²) >= 11 is 0. The van der Waals surface area contributed by atoms with E-state index in [-0.39, 0.29) is 11.8 Å². The molecule has 1 unspecified atom stereocenters. The molecule has 1 atom stereocenters. The molecule has 72 valence electrons. The summed E-state index contributed by atoms with van der Waals surface area (Å²) in [5.41, 5.74) is 3.26. The van der Waals surface area contributed by atoms with E-state index in [0.29, 0.717) is 0 Å². The monoisotopic (exact) mass is 181 g/mol. The van der Waals surface area contributed by atoms with Crippen molar-refractivity contribution in [1.82, 2.24) is 5.48 Å². The highest BCUT2D eigenvalue weighted by Gasteiger charge is 2.05. The zero-order valence-corrected chi connectivity index (χ0v) is 7.70. The molecule has 0 bridgehead atoms. The molecule has 1 aromatic rings. The van der Waals surface area contributed by atoms with Gasteiger partial charge in [-0.05, 0) is 30.5 Å². The fourth-order valence-corrected chi connectivity index (χ4v) is 1.25. The van der Waals surface area contributed by atoms with Gasteiger partial charge in [0.05, 0.1) is 0 Å². The Morgan fingerprint density at radius 3 is 2.77 bits per heavy atom. The molecule has 0 saturated carbocycles. The van der Waals surface area contributed by atoms with E-state index in [4.69, 9.17) is 5.21 Å². The second kappa shape index (κ2) is 4.84. The van der Waals surface area contributed by atoms with Gasteiger partial charge < -0.3 is 10.3 Å². The number of benzene rings is 1. The van der Waals surface area contributed by atoms with Crippen LogP contribution in [-0.2, 0) is 6.42 Å². The Balaban J connectivity index is 2.62. The van der Waals surface area contributed by atoms with Crippen LogP contribution in [-0.4, -0.2) is 16.4 Å². The van der Waals surface area contributed by atoms with Crippen LogP contribution in [0.2, 0.25) is 0 Å². The standard InChI is InChI=1S/C10H15NO2/c1-2-9(11-13)6-8-4-3-5-10(12)7-8/h3-5,7,9,11-13H,2,6H2,1H3. The number of phenols is 1. The lowest BCUT2D eigenvalue weighted by Crippen LogP contribution is -2.27. The van der Waals surface area contributed by atoms with Crippen molar-refractivity contribution < 1.29 is 10.3 Å². The second-order valence-corrected chi connectivity index (χ2v) is 3.11. The van der Waals surface area contributed by atoms with Gasteiger partial charge in [0.1, 0.15) is 5.75 Å². The van der Waals surface area contributed by atoms with Crippen LogP contribution in [0.4, 0.5) is 0 Å². The summed E-state index contributed by atoms with van der Waals surface area (Å²) < 4.78 is 0. The lowest BCUT2D eigenvalue weighted by atomic mass is 10.0. The first-order chi connectivity index (χ1) is 6.26. The van der Waals surface area contributed by atoms with E-state index >= 15 is 0 Å². The fraction of sp³-hybridized carbons (Fsp3) is 0.400. The maximum absolute atomic E-state index is 9.19. The van der Waals surface area contributed by atoms with E-state index in [2.05, 4.69) is 5.48 Å². The minimum absolute atomic E-state index is 0.0572. The molecule has 3 N–H and O–H groups in total. The number of rotatable bonds is 4. The molecule has 0 aliphatic heterocycles. The molecule has 0 fully saturated rings. The van der Waals surface area contributed by atoms with Gasteiger partial charge in [0.15, 0.2) is 0 Å². The summed E-state index contributed by atoms with van der Waals surface area (Å²) in [5, 5.41) is 17.9. The predicted molar refractivity (Wildman–Crippen MR) is 50.8 cm³/mol. The molecule has 0 aliphatic rings. The van der Waals surface area contributed by atoms with Crippen molar-refractivity contribution in [3.8, 4) is 5.75 Å². The molecule has 13 heavy (non-hydrogen) atoms. The highest BCUT2D eigenvalue weighted by atomic mass is 16.5. The van der Waals surface area contributed by atoms with Crippen LogP contribution in [0.5, 0.6) is 5.75 Å². The average molecular weight is 181 g/mol. The Labute approximate surface area is 78.0 Å². The highest BCUT2D eigenvalue weighted by molar-refractivity contribution is 5.27. The Kier molecular flexibility index (Phi) is 3.73. The third kappa shape index (κ3) is 3.05. The van der Waals surface area contributed by atoms with Gasteiger partial charge >= 0.3 is 0 Å². The molecule has 3 nitrogen and oxygen atoms in total. The average Bonchev–Trinajstić information content (AvgIpc) is 2.14. The maximum atomic E-state index is 9.19. The highest BCUT2D eigenvalue weighted by Crippen LogP contribution is 2.13. The third-order valence-electron chi connectivity index (χ3n) is 2.07. The van der Waals surface area contributed by atoms with Crippen LogP contribution >= 0.6 is 0 Å². The molecular formula is C10H15NO2. The maximum Gasteiger partial charge on any atom is 0.115 e. The Morgan fingerprint density at radius 2 is 2.23 bits per heavy atom. The van der Waals surface area contributed by atoms with Crippen LogP contribution < -0.4 is 5.48 Å². The van der Waals surface area contributed by atoms with Crippen molar-refractivity contribution in [3.63, 3.8) is 0 Å². The summed E-state index contributed by atoms with van der Waals surface area (Å²) in [4.78, 5) is 0. The van der Waals surface area contributed by atoms with Gasteiger partial charge in [0.25, 0.3) is 0 Å². The normalized spacial score (nSPS) is 12.8. The van der Waals surface area contributed by atoms with E-state index < -0.39 is 0 Å². The van der Waals surface area contributed by atoms with Crippen molar-refractivity contribution in [3.05, 3.63) is 29.8 Å². The molecule has 0 aromatic heterocycles. The van der Waals surface area contributed by atoms with E-state index in [0.717, 1.165) is 18.4 Å². The van der Waals surface area contributed by atoms with Crippen LogP contribution in [0, 0.1) is 0 Å². The smallest absolute Gasteiger partial charge is 0.115 e. The molecule has 0 saturated heterocycles. The quantitative estimate of drug-likeness (QED) is 0.619. The first-order valence-corrected chi connectivity index (χ1v) is 4.43. The molecule has 1 aromatic carbocycles. The van der Waals surface area contributed by atoms with Gasteiger partial charge in [-0.15, -0.1) is 0 Å². The number of aromatic hydroxyl groups is 1. The molecule has 0 spiro atoms. The minimum Gasteiger partial charge on any atom is -0.508 e. The zero-order valence-electron chi connectivity index (χ0n) is 7.70. The van der Waals surface area contributed by atoms with Crippen molar-refractivity contribution in [1.29, 1.82) is 0 Å². The lowest BCUT2D eigenvalue weighted by Gasteiger charge is -2.12. The topological polar surface area (TPSA) is 52.5 Å². The first-order valence-electron chi connectivity index (χ1n) is 4.43. The SMILES string of the molecule is CCC(Cc1cccc(O)c1)NO. The Bertz CT molecular complexity index is 259. The van der Waals surface area contributed by atoms with Crippen molar-refractivity contribution in [2.24, 2.45) is 0 Å². The number of hydrogen-bond acceptors (Lipinski definition) is 3. The number of hydroxylamine groups is 1. The van der Waals surface area contributed by atoms with Crippen molar-refractivity contribution >= 4 is 0 Å². The van der Waals surface area contributed by atoms with Gasteiger partial charge in [-0.25, -0.2) is 5.48 Å². The van der Waals surface area contributed by atoms with Crippen LogP contribution in [0.3, 0.4) is 0 Å². The number of nitrogens with one attached hydrogen (secondary N) is 1. The number of phenolic OH excluding ortho intramolecular Hbond substituents is 1.